The van der Waals surface area contributed by atoms with Crippen LogP contribution < -0.4 is 5.32 Å². The van der Waals surface area contributed by atoms with Crippen LogP contribution in [0, 0.1) is 17.2 Å². The van der Waals surface area contributed by atoms with Gasteiger partial charge in [0.2, 0.25) is 5.91 Å². The van der Waals surface area contributed by atoms with Gasteiger partial charge in [-0.1, -0.05) is 0 Å². The number of hydrogen-bond donors (Lipinski definition) is 1. The van der Waals surface area contributed by atoms with Gasteiger partial charge in [-0.3, -0.25) is 4.79 Å². The summed E-state index contributed by atoms with van der Waals surface area (Å²) in [6.45, 7) is 2.35. The smallest absolute Gasteiger partial charge is 0.226 e. The fourth-order valence-corrected chi connectivity index (χ4v) is 1.70. The van der Waals surface area contributed by atoms with E-state index in [-0.39, 0.29) is 11.8 Å². The highest BCUT2D eigenvalue weighted by atomic mass is 16.2. The van der Waals surface area contributed by atoms with Crippen LogP contribution in [0.4, 0.5) is 0 Å². The second kappa shape index (κ2) is 5.61. The Labute approximate surface area is 84.9 Å². The first kappa shape index (κ1) is 11.0. The van der Waals surface area contributed by atoms with Crippen LogP contribution in [0.1, 0.15) is 19.3 Å². The topological polar surface area (TPSA) is 56.1 Å². The van der Waals surface area contributed by atoms with Crippen molar-refractivity contribution in [3.05, 3.63) is 0 Å². The molecule has 1 aliphatic heterocycles. The first-order valence-corrected chi connectivity index (χ1v) is 5.08. The summed E-state index contributed by atoms with van der Waals surface area (Å²) < 4.78 is 0. The molecule has 1 amide bonds. The number of carbonyl (C=O) groups is 1. The van der Waals surface area contributed by atoms with Crippen molar-refractivity contribution >= 4 is 5.91 Å². The standard InChI is InChI=1S/C10H17N3O/c1-13(7-3-5-11)10(14)9-4-2-6-12-8-9/h9,12H,2-4,6-8H2,1H3/t9-/m1/s1. The average molecular weight is 195 g/mol. The Kier molecular flexibility index (Phi) is 4.41. The Morgan fingerprint density at radius 3 is 3.07 bits per heavy atom. The Balaban J connectivity index is 2.35. The number of nitriles is 1. The van der Waals surface area contributed by atoms with Crippen LogP contribution in [0.2, 0.25) is 0 Å². The van der Waals surface area contributed by atoms with Crippen LogP contribution in [0.5, 0.6) is 0 Å². The lowest BCUT2D eigenvalue weighted by Crippen LogP contribution is -2.41. The van der Waals surface area contributed by atoms with Crippen molar-refractivity contribution in [1.29, 1.82) is 5.26 Å². The van der Waals surface area contributed by atoms with Crippen LogP contribution in [0.25, 0.3) is 0 Å². The van der Waals surface area contributed by atoms with E-state index in [1.165, 1.54) is 0 Å². The Bertz CT molecular complexity index is 228. The second-order valence-corrected chi connectivity index (χ2v) is 3.71. The molecule has 0 aromatic carbocycles. The van der Waals surface area contributed by atoms with Gasteiger partial charge in [-0.25, -0.2) is 0 Å². The molecule has 0 aromatic heterocycles. The minimum atomic E-state index is 0.118. The van der Waals surface area contributed by atoms with E-state index in [4.69, 9.17) is 5.26 Å². The van der Waals surface area contributed by atoms with Crippen LogP contribution in [-0.2, 0) is 4.79 Å². The third-order valence-corrected chi connectivity index (χ3v) is 2.58. The number of rotatable bonds is 3. The zero-order valence-electron chi connectivity index (χ0n) is 8.62. The van der Waals surface area contributed by atoms with Gasteiger partial charge in [0.1, 0.15) is 0 Å². The van der Waals surface area contributed by atoms with Crippen LogP contribution in [0.3, 0.4) is 0 Å². The Morgan fingerprint density at radius 2 is 2.50 bits per heavy atom. The van der Waals surface area contributed by atoms with Gasteiger partial charge in [0, 0.05) is 20.1 Å². The van der Waals surface area contributed by atoms with E-state index < -0.39 is 0 Å². The molecule has 14 heavy (non-hydrogen) atoms. The number of carbonyl (C=O) groups excluding carboxylic acids is 1. The maximum atomic E-state index is 11.8. The molecule has 1 atom stereocenters. The lowest BCUT2D eigenvalue weighted by Gasteiger charge is -2.26. The van der Waals surface area contributed by atoms with Gasteiger partial charge >= 0.3 is 0 Å². The van der Waals surface area contributed by atoms with E-state index in [0.717, 1.165) is 25.9 Å². The molecule has 4 heteroatoms. The SMILES string of the molecule is CN(CCC#N)C(=O)[C@@H]1CCCNC1. The molecule has 1 N–H and O–H groups in total. The molecule has 1 fully saturated rings. The van der Waals surface area contributed by atoms with Gasteiger partial charge in [-0.15, -0.1) is 0 Å². The summed E-state index contributed by atoms with van der Waals surface area (Å²) in [6, 6.07) is 2.05. The number of nitrogens with one attached hydrogen (secondary N) is 1. The molecule has 1 saturated heterocycles. The molecule has 0 radical (unpaired) electrons. The molecular weight excluding hydrogens is 178 g/mol. The quantitative estimate of drug-likeness (QED) is 0.707. The molecule has 0 unspecified atom stereocenters. The highest BCUT2D eigenvalue weighted by Crippen LogP contribution is 2.12. The zero-order chi connectivity index (χ0) is 10.4. The summed E-state index contributed by atoms with van der Waals surface area (Å²) in [7, 11) is 1.77. The molecule has 1 rings (SSSR count). The van der Waals surface area contributed by atoms with Gasteiger partial charge in [0.05, 0.1) is 18.4 Å². The first-order chi connectivity index (χ1) is 6.75. The van der Waals surface area contributed by atoms with E-state index in [9.17, 15) is 4.79 Å². The maximum absolute atomic E-state index is 11.8. The second-order valence-electron chi connectivity index (χ2n) is 3.71. The Morgan fingerprint density at radius 1 is 1.71 bits per heavy atom. The average Bonchev–Trinajstić information content (AvgIpc) is 2.26. The molecule has 78 valence electrons. The van der Waals surface area contributed by atoms with E-state index >= 15 is 0 Å². The molecule has 0 aromatic rings. The van der Waals surface area contributed by atoms with Crippen LogP contribution in [0.15, 0.2) is 0 Å². The van der Waals surface area contributed by atoms with Gasteiger partial charge in [-0.05, 0) is 19.4 Å². The first-order valence-electron chi connectivity index (χ1n) is 5.08. The fourth-order valence-electron chi connectivity index (χ4n) is 1.70. The zero-order valence-corrected chi connectivity index (χ0v) is 8.62. The molecule has 4 nitrogen and oxygen atoms in total. The largest absolute Gasteiger partial charge is 0.344 e. The van der Waals surface area contributed by atoms with Gasteiger partial charge in [0.15, 0.2) is 0 Å². The third kappa shape index (κ3) is 3.00. The highest BCUT2D eigenvalue weighted by Gasteiger charge is 2.23. The van der Waals surface area contributed by atoms with Gasteiger partial charge < -0.3 is 10.2 Å². The number of hydrogen-bond acceptors (Lipinski definition) is 3. The fraction of sp³-hybridized carbons (Fsp3) is 0.800. The molecule has 1 heterocycles. The van der Waals surface area contributed by atoms with Crippen molar-refractivity contribution in [3.63, 3.8) is 0 Å². The van der Waals surface area contributed by atoms with Crippen molar-refractivity contribution in [2.24, 2.45) is 5.92 Å². The summed E-state index contributed by atoms with van der Waals surface area (Å²) in [4.78, 5) is 13.4. The van der Waals surface area contributed by atoms with Crippen LogP contribution in [-0.4, -0.2) is 37.5 Å². The van der Waals surface area contributed by atoms with Crippen molar-refractivity contribution in [2.75, 3.05) is 26.7 Å². The van der Waals surface area contributed by atoms with Crippen LogP contribution >= 0.6 is 0 Å². The Hall–Kier alpha value is -1.08. The van der Waals surface area contributed by atoms with E-state index in [2.05, 4.69) is 5.32 Å². The molecule has 0 bridgehead atoms. The van der Waals surface area contributed by atoms with Gasteiger partial charge in [0.25, 0.3) is 0 Å². The van der Waals surface area contributed by atoms with Gasteiger partial charge in [-0.2, -0.15) is 5.26 Å². The van der Waals surface area contributed by atoms with Crippen molar-refractivity contribution in [1.82, 2.24) is 10.2 Å². The van der Waals surface area contributed by atoms with E-state index in [1.54, 1.807) is 11.9 Å². The predicted octanol–water partition coefficient (Wildman–Crippen LogP) is 0.358. The third-order valence-electron chi connectivity index (χ3n) is 2.58. The number of nitrogens with zero attached hydrogens (tertiary/aromatic N) is 2. The molecule has 0 spiro atoms. The molecular formula is C10H17N3O. The maximum Gasteiger partial charge on any atom is 0.226 e. The minimum Gasteiger partial charge on any atom is -0.344 e. The molecule has 1 aliphatic rings. The number of piperidine rings is 1. The van der Waals surface area contributed by atoms with E-state index in [0.29, 0.717) is 13.0 Å². The van der Waals surface area contributed by atoms with E-state index in [1.807, 2.05) is 6.07 Å². The van der Waals surface area contributed by atoms with Crippen molar-refractivity contribution in [3.8, 4) is 6.07 Å². The minimum absolute atomic E-state index is 0.118. The highest BCUT2D eigenvalue weighted by molar-refractivity contribution is 5.78. The predicted molar refractivity (Wildman–Crippen MR) is 53.5 cm³/mol. The molecule has 0 saturated carbocycles. The summed E-state index contributed by atoms with van der Waals surface area (Å²) >= 11 is 0. The summed E-state index contributed by atoms with van der Waals surface area (Å²) in [5.41, 5.74) is 0. The van der Waals surface area contributed by atoms with Crippen molar-refractivity contribution in [2.45, 2.75) is 19.3 Å². The lowest BCUT2D eigenvalue weighted by atomic mass is 9.98. The monoisotopic (exact) mass is 195 g/mol. The lowest BCUT2D eigenvalue weighted by molar-refractivity contribution is -0.134. The summed E-state index contributed by atoms with van der Waals surface area (Å²) in [5.74, 6) is 0.292. The van der Waals surface area contributed by atoms with Crippen molar-refractivity contribution < 1.29 is 4.79 Å². The summed E-state index contributed by atoms with van der Waals surface area (Å²) in [5, 5.41) is 11.6. The normalized spacial score (nSPS) is 21.3. The molecule has 0 aliphatic carbocycles. The number of amides is 1. The summed E-state index contributed by atoms with van der Waals surface area (Å²) in [6.07, 6.45) is 2.47.